The Balaban J connectivity index is 2.00. The third-order valence-corrected chi connectivity index (χ3v) is 3.34. The van der Waals surface area contributed by atoms with Gasteiger partial charge in [0.25, 0.3) is 5.91 Å². The van der Waals surface area contributed by atoms with E-state index < -0.39 is 6.10 Å². The largest absolute Gasteiger partial charge is 0.387 e. The lowest BCUT2D eigenvalue weighted by molar-refractivity contribution is 0.0908. The Labute approximate surface area is 126 Å². The zero-order chi connectivity index (χ0) is 14.7. The lowest BCUT2D eigenvalue weighted by Gasteiger charge is -2.13. The van der Waals surface area contributed by atoms with Gasteiger partial charge >= 0.3 is 0 Å². The molecular formula is C14H14Cl2N2O2. The fourth-order valence-corrected chi connectivity index (χ4v) is 2.41. The number of benzene rings is 1. The van der Waals surface area contributed by atoms with Crippen LogP contribution in [0.4, 0.5) is 0 Å². The van der Waals surface area contributed by atoms with Crippen molar-refractivity contribution in [2.45, 2.75) is 6.10 Å². The van der Waals surface area contributed by atoms with Crippen molar-refractivity contribution in [2.24, 2.45) is 7.05 Å². The van der Waals surface area contributed by atoms with Crippen LogP contribution in [-0.4, -0.2) is 22.1 Å². The SMILES string of the molecule is Cn1cccc1C(=O)NC[C@H](O)c1cc(Cl)cc(Cl)c1. The number of nitrogens with zero attached hydrogens (tertiary/aromatic N) is 1. The summed E-state index contributed by atoms with van der Waals surface area (Å²) >= 11 is 11.7. The van der Waals surface area contributed by atoms with E-state index in [2.05, 4.69) is 5.32 Å². The minimum absolute atomic E-state index is 0.0840. The molecule has 2 N–H and O–H groups in total. The average molecular weight is 313 g/mol. The van der Waals surface area contributed by atoms with Crippen LogP contribution in [0.5, 0.6) is 0 Å². The number of aliphatic hydroxyl groups is 1. The van der Waals surface area contributed by atoms with Gasteiger partial charge < -0.3 is 15.0 Å². The van der Waals surface area contributed by atoms with Crippen LogP contribution in [0.3, 0.4) is 0 Å². The van der Waals surface area contributed by atoms with E-state index in [1.54, 1.807) is 48.1 Å². The lowest BCUT2D eigenvalue weighted by Crippen LogP contribution is -2.29. The van der Waals surface area contributed by atoms with Crippen molar-refractivity contribution in [2.75, 3.05) is 6.54 Å². The first-order chi connectivity index (χ1) is 9.47. The van der Waals surface area contributed by atoms with Crippen molar-refractivity contribution >= 4 is 29.1 Å². The Bertz CT molecular complexity index is 605. The first kappa shape index (κ1) is 14.9. The summed E-state index contributed by atoms with van der Waals surface area (Å²) in [6, 6.07) is 8.31. The van der Waals surface area contributed by atoms with E-state index in [1.165, 1.54) is 0 Å². The van der Waals surface area contributed by atoms with Gasteiger partial charge in [-0.1, -0.05) is 23.2 Å². The van der Waals surface area contributed by atoms with E-state index >= 15 is 0 Å². The third kappa shape index (κ3) is 3.54. The van der Waals surface area contributed by atoms with Crippen molar-refractivity contribution in [3.63, 3.8) is 0 Å². The number of nitrogens with one attached hydrogen (secondary N) is 1. The maximum absolute atomic E-state index is 11.9. The van der Waals surface area contributed by atoms with Crippen LogP contribution in [0.25, 0.3) is 0 Å². The van der Waals surface area contributed by atoms with Gasteiger partial charge in [0, 0.05) is 29.8 Å². The quantitative estimate of drug-likeness (QED) is 0.912. The molecule has 106 valence electrons. The molecule has 0 saturated carbocycles. The summed E-state index contributed by atoms with van der Waals surface area (Å²) in [5.41, 5.74) is 1.09. The molecule has 1 aromatic heterocycles. The summed E-state index contributed by atoms with van der Waals surface area (Å²) in [6.07, 6.45) is 0.914. The number of hydrogen-bond acceptors (Lipinski definition) is 2. The summed E-state index contributed by atoms with van der Waals surface area (Å²) < 4.78 is 1.71. The monoisotopic (exact) mass is 312 g/mol. The van der Waals surface area contributed by atoms with Crippen molar-refractivity contribution in [3.05, 3.63) is 57.8 Å². The summed E-state index contributed by atoms with van der Waals surface area (Å²) in [6.45, 7) is 0.0840. The second kappa shape index (κ2) is 6.31. The minimum atomic E-state index is -0.865. The number of rotatable bonds is 4. The molecule has 1 aromatic carbocycles. The molecule has 0 saturated heterocycles. The lowest BCUT2D eigenvalue weighted by atomic mass is 10.1. The zero-order valence-corrected chi connectivity index (χ0v) is 12.3. The number of aliphatic hydroxyl groups excluding tert-OH is 1. The van der Waals surface area contributed by atoms with Crippen LogP contribution < -0.4 is 5.32 Å². The Morgan fingerprint density at radius 2 is 2.00 bits per heavy atom. The fourth-order valence-electron chi connectivity index (χ4n) is 1.86. The molecule has 4 nitrogen and oxygen atoms in total. The number of carbonyl (C=O) groups is 1. The van der Waals surface area contributed by atoms with E-state index in [0.717, 1.165) is 0 Å². The van der Waals surface area contributed by atoms with Crippen LogP contribution in [-0.2, 0) is 7.05 Å². The molecule has 0 aliphatic rings. The molecule has 2 aromatic rings. The predicted molar refractivity (Wildman–Crippen MR) is 79.2 cm³/mol. The molecule has 0 spiro atoms. The number of aryl methyl sites for hydroxylation is 1. The van der Waals surface area contributed by atoms with E-state index in [1.807, 2.05) is 0 Å². The smallest absolute Gasteiger partial charge is 0.267 e. The minimum Gasteiger partial charge on any atom is -0.387 e. The molecule has 0 fully saturated rings. The van der Waals surface area contributed by atoms with Crippen molar-refractivity contribution in [1.29, 1.82) is 0 Å². The fraction of sp³-hybridized carbons (Fsp3) is 0.214. The molecule has 1 heterocycles. The summed E-state index contributed by atoms with van der Waals surface area (Å²) in [5.74, 6) is -0.246. The number of aromatic nitrogens is 1. The topological polar surface area (TPSA) is 54.3 Å². The maximum atomic E-state index is 11.9. The highest BCUT2D eigenvalue weighted by Crippen LogP contribution is 2.23. The molecule has 0 aliphatic heterocycles. The first-order valence-corrected chi connectivity index (χ1v) is 6.76. The van der Waals surface area contributed by atoms with Gasteiger partial charge in [0.2, 0.25) is 0 Å². The Hall–Kier alpha value is -1.49. The normalized spacial score (nSPS) is 12.2. The highest BCUT2D eigenvalue weighted by Gasteiger charge is 2.13. The van der Waals surface area contributed by atoms with Gasteiger partial charge in [0.1, 0.15) is 5.69 Å². The highest BCUT2D eigenvalue weighted by molar-refractivity contribution is 6.34. The van der Waals surface area contributed by atoms with E-state index in [9.17, 15) is 9.90 Å². The third-order valence-electron chi connectivity index (χ3n) is 2.90. The molecule has 1 atom stereocenters. The van der Waals surface area contributed by atoms with Gasteiger partial charge in [-0.25, -0.2) is 0 Å². The second-order valence-corrected chi connectivity index (χ2v) is 5.31. The van der Waals surface area contributed by atoms with Crippen LogP contribution >= 0.6 is 23.2 Å². The van der Waals surface area contributed by atoms with Crippen LogP contribution in [0, 0.1) is 0 Å². The number of amides is 1. The van der Waals surface area contributed by atoms with Gasteiger partial charge in [0.15, 0.2) is 0 Å². The molecule has 0 aliphatic carbocycles. The Kier molecular flexibility index (Phi) is 4.70. The molecule has 20 heavy (non-hydrogen) atoms. The molecule has 1 amide bonds. The summed E-state index contributed by atoms with van der Waals surface area (Å²) in [4.78, 5) is 11.9. The van der Waals surface area contributed by atoms with Gasteiger partial charge in [-0.2, -0.15) is 0 Å². The standard InChI is InChI=1S/C14H14Cl2N2O2/c1-18-4-2-3-12(18)14(20)17-8-13(19)9-5-10(15)7-11(16)6-9/h2-7,13,19H,8H2,1H3,(H,17,20)/t13-/m0/s1. The van der Waals surface area contributed by atoms with Crippen molar-refractivity contribution in [3.8, 4) is 0 Å². The van der Waals surface area contributed by atoms with Gasteiger partial charge in [-0.3, -0.25) is 4.79 Å². The van der Waals surface area contributed by atoms with Gasteiger partial charge in [0.05, 0.1) is 6.10 Å². The maximum Gasteiger partial charge on any atom is 0.267 e. The molecule has 0 radical (unpaired) electrons. The molecule has 0 unspecified atom stereocenters. The predicted octanol–water partition coefficient (Wildman–Crippen LogP) is 2.80. The zero-order valence-electron chi connectivity index (χ0n) is 10.8. The van der Waals surface area contributed by atoms with Crippen LogP contribution in [0.1, 0.15) is 22.2 Å². The van der Waals surface area contributed by atoms with E-state index in [4.69, 9.17) is 23.2 Å². The van der Waals surface area contributed by atoms with E-state index in [0.29, 0.717) is 21.3 Å². The Morgan fingerprint density at radius 1 is 1.35 bits per heavy atom. The van der Waals surface area contributed by atoms with Crippen molar-refractivity contribution < 1.29 is 9.90 Å². The summed E-state index contributed by atoms with van der Waals surface area (Å²) in [7, 11) is 1.78. The van der Waals surface area contributed by atoms with Crippen LogP contribution in [0.2, 0.25) is 10.0 Å². The molecule has 6 heteroatoms. The van der Waals surface area contributed by atoms with Crippen molar-refractivity contribution in [1.82, 2.24) is 9.88 Å². The second-order valence-electron chi connectivity index (χ2n) is 4.43. The number of hydrogen-bond donors (Lipinski definition) is 2. The molecule has 0 bridgehead atoms. The average Bonchev–Trinajstić information content (AvgIpc) is 2.80. The van der Waals surface area contributed by atoms with E-state index in [-0.39, 0.29) is 12.5 Å². The summed E-state index contributed by atoms with van der Waals surface area (Å²) in [5, 5.41) is 13.6. The van der Waals surface area contributed by atoms with Crippen LogP contribution in [0.15, 0.2) is 36.5 Å². The number of halogens is 2. The number of carbonyl (C=O) groups excluding carboxylic acids is 1. The molecule has 2 rings (SSSR count). The first-order valence-electron chi connectivity index (χ1n) is 6.01. The van der Waals surface area contributed by atoms with Gasteiger partial charge in [-0.05, 0) is 35.9 Å². The Morgan fingerprint density at radius 3 is 2.55 bits per heavy atom. The highest BCUT2D eigenvalue weighted by atomic mass is 35.5. The molecular weight excluding hydrogens is 299 g/mol. The van der Waals surface area contributed by atoms with Gasteiger partial charge in [-0.15, -0.1) is 0 Å².